The quantitative estimate of drug-likeness (QED) is 0.396. The fourth-order valence-electron chi connectivity index (χ4n) is 0.879. The SMILES string of the molecule is CCOCCOc1cnc(C(=N)N)cn1. The van der Waals surface area contributed by atoms with Crippen LogP contribution in [0.2, 0.25) is 0 Å². The maximum absolute atomic E-state index is 7.11. The molecule has 1 aromatic rings. The molecule has 0 aliphatic carbocycles. The lowest BCUT2D eigenvalue weighted by Gasteiger charge is -2.04. The number of hydrogen-bond donors (Lipinski definition) is 2. The third-order valence-corrected chi connectivity index (χ3v) is 1.59. The number of ether oxygens (including phenoxy) is 2. The Kier molecular flexibility index (Phi) is 4.49. The fraction of sp³-hybridized carbons (Fsp3) is 0.444. The van der Waals surface area contributed by atoms with Crippen LogP contribution in [0.15, 0.2) is 12.4 Å². The highest BCUT2D eigenvalue weighted by molar-refractivity contribution is 5.92. The molecule has 0 unspecified atom stereocenters. The van der Waals surface area contributed by atoms with Gasteiger partial charge >= 0.3 is 0 Å². The summed E-state index contributed by atoms with van der Waals surface area (Å²) in [6.45, 7) is 3.54. The van der Waals surface area contributed by atoms with Gasteiger partial charge in [-0.2, -0.15) is 0 Å². The molecule has 0 amide bonds. The Hall–Kier alpha value is -1.69. The van der Waals surface area contributed by atoms with Crippen LogP contribution < -0.4 is 10.5 Å². The van der Waals surface area contributed by atoms with Crippen LogP contribution in [0.4, 0.5) is 0 Å². The van der Waals surface area contributed by atoms with E-state index in [0.29, 0.717) is 31.4 Å². The van der Waals surface area contributed by atoms with Gasteiger partial charge in [0.1, 0.15) is 18.1 Å². The molecule has 1 heterocycles. The van der Waals surface area contributed by atoms with Crippen molar-refractivity contribution in [3.05, 3.63) is 18.1 Å². The number of amidine groups is 1. The predicted octanol–water partition coefficient (Wildman–Crippen LogP) is 0.176. The normalized spacial score (nSPS) is 9.93. The van der Waals surface area contributed by atoms with Gasteiger partial charge in [0.05, 0.1) is 19.0 Å². The van der Waals surface area contributed by atoms with E-state index in [4.69, 9.17) is 20.6 Å². The molecule has 82 valence electrons. The molecule has 6 heteroatoms. The smallest absolute Gasteiger partial charge is 0.232 e. The molecule has 0 saturated carbocycles. The molecule has 15 heavy (non-hydrogen) atoms. The van der Waals surface area contributed by atoms with Gasteiger partial charge in [0.2, 0.25) is 5.88 Å². The summed E-state index contributed by atoms with van der Waals surface area (Å²) >= 11 is 0. The maximum Gasteiger partial charge on any atom is 0.232 e. The number of aromatic nitrogens is 2. The average molecular weight is 210 g/mol. The van der Waals surface area contributed by atoms with Crippen LogP contribution in [0, 0.1) is 5.41 Å². The summed E-state index contributed by atoms with van der Waals surface area (Å²) < 4.78 is 10.3. The Morgan fingerprint density at radius 2 is 2.20 bits per heavy atom. The molecule has 1 aromatic heterocycles. The highest BCUT2D eigenvalue weighted by atomic mass is 16.5. The lowest BCUT2D eigenvalue weighted by molar-refractivity contribution is 0.108. The molecule has 0 fully saturated rings. The fourth-order valence-corrected chi connectivity index (χ4v) is 0.879. The van der Waals surface area contributed by atoms with Gasteiger partial charge in [0.15, 0.2) is 0 Å². The van der Waals surface area contributed by atoms with Gasteiger partial charge in [-0.15, -0.1) is 0 Å². The summed E-state index contributed by atoms with van der Waals surface area (Å²) in [6.07, 6.45) is 2.83. The molecule has 0 bridgehead atoms. The molecular weight excluding hydrogens is 196 g/mol. The van der Waals surface area contributed by atoms with Crippen LogP contribution >= 0.6 is 0 Å². The molecule has 0 atom stereocenters. The van der Waals surface area contributed by atoms with E-state index >= 15 is 0 Å². The first-order valence-corrected chi connectivity index (χ1v) is 4.61. The first-order valence-electron chi connectivity index (χ1n) is 4.61. The summed E-state index contributed by atoms with van der Waals surface area (Å²) in [7, 11) is 0. The number of nitrogens with one attached hydrogen (secondary N) is 1. The van der Waals surface area contributed by atoms with E-state index in [1.165, 1.54) is 12.4 Å². The second-order valence-corrected chi connectivity index (χ2v) is 2.70. The highest BCUT2D eigenvalue weighted by Crippen LogP contribution is 2.03. The van der Waals surface area contributed by atoms with Crippen molar-refractivity contribution in [2.75, 3.05) is 19.8 Å². The van der Waals surface area contributed by atoms with Crippen molar-refractivity contribution in [2.24, 2.45) is 5.73 Å². The first kappa shape index (κ1) is 11.4. The predicted molar refractivity (Wildman–Crippen MR) is 55.0 cm³/mol. The van der Waals surface area contributed by atoms with Gasteiger partial charge < -0.3 is 15.2 Å². The van der Waals surface area contributed by atoms with Gasteiger partial charge in [0.25, 0.3) is 0 Å². The topological polar surface area (TPSA) is 94.1 Å². The minimum absolute atomic E-state index is 0.108. The maximum atomic E-state index is 7.11. The van der Waals surface area contributed by atoms with Gasteiger partial charge in [-0.05, 0) is 6.92 Å². The Morgan fingerprint density at radius 3 is 2.73 bits per heavy atom. The van der Waals surface area contributed by atoms with Crippen LogP contribution in [-0.4, -0.2) is 35.6 Å². The van der Waals surface area contributed by atoms with Crippen LogP contribution in [0.3, 0.4) is 0 Å². The zero-order valence-electron chi connectivity index (χ0n) is 8.56. The van der Waals surface area contributed by atoms with Crippen molar-refractivity contribution in [3.63, 3.8) is 0 Å². The van der Waals surface area contributed by atoms with Crippen molar-refractivity contribution < 1.29 is 9.47 Å². The summed E-state index contributed by atoms with van der Waals surface area (Å²) in [6, 6.07) is 0. The lowest BCUT2D eigenvalue weighted by Crippen LogP contribution is -2.14. The van der Waals surface area contributed by atoms with Crippen molar-refractivity contribution in [2.45, 2.75) is 6.92 Å². The molecule has 0 spiro atoms. The summed E-state index contributed by atoms with van der Waals surface area (Å²) in [5.41, 5.74) is 5.56. The number of nitrogens with two attached hydrogens (primary N) is 1. The van der Waals surface area contributed by atoms with E-state index in [-0.39, 0.29) is 5.84 Å². The number of hydrogen-bond acceptors (Lipinski definition) is 5. The second-order valence-electron chi connectivity index (χ2n) is 2.70. The highest BCUT2D eigenvalue weighted by Gasteiger charge is 2.00. The number of rotatable bonds is 6. The molecule has 0 aliphatic rings. The third kappa shape index (κ3) is 3.90. The minimum atomic E-state index is -0.108. The van der Waals surface area contributed by atoms with Gasteiger partial charge in [-0.3, -0.25) is 5.41 Å². The molecular formula is C9H14N4O2. The van der Waals surface area contributed by atoms with Crippen molar-refractivity contribution in [1.82, 2.24) is 9.97 Å². The second kappa shape index (κ2) is 5.92. The Morgan fingerprint density at radius 1 is 1.40 bits per heavy atom. The van der Waals surface area contributed by atoms with Gasteiger partial charge in [-0.1, -0.05) is 0 Å². The van der Waals surface area contributed by atoms with Gasteiger partial charge in [-0.25, -0.2) is 9.97 Å². The first-order chi connectivity index (χ1) is 7.24. The van der Waals surface area contributed by atoms with E-state index in [0.717, 1.165) is 0 Å². The van der Waals surface area contributed by atoms with Crippen molar-refractivity contribution >= 4 is 5.84 Å². The summed E-state index contributed by atoms with van der Waals surface area (Å²) in [5, 5.41) is 7.11. The monoisotopic (exact) mass is 210 g/mol. The van der Waals surface area contributed by atoms with Crippen LogP contribution in [0.1, 0.15) is 12.6 Å². The number of nitrogens with zero attached hydrogens (tertiary/aromatic N) is 2. The molecule has 0 aliphatic heterocycles. The molecule has 0 aromatic carbocycles. The Balaban J connectivity index is 2.39. The van der Waals surface area contributed by atoms with Crippen molar-refractivity contribution in [3.8, 4) is 5.88 Å². The van der Waals surface area contributed by atoms with Gasteiger partial charge in [0, 0.05) is 6.61 Å². The lowest BCUT2D eigenvalue weighted by atomic mass is 10.4. The van der Waals surface area contributed by atoms with E-state index in [1.54, 1.807) is 0 Å². The molecule has 0 radical (unpaired) electrons. The Bertz CT molecular complexity index is 312. The van der Waals surface area contributed by atoms with E-state index in [9.17, 15) is 0 Å². The summed E-state index contributed by atoms with van der Waals surface area (Å²) in [5.74, 6) is 0.295. The standard InChI is InChI=1S/C9H14N4O2/c1-2-14-3-4-15-8-6-12-7(5-13-8)9(10)11/h5-6H,2-4H2,1H3,(H3,10,11). The average Bonchev–Trinajstić information content (AvgIpc) is 2.25. The third-order valence-electron chi connectivity index (χ3n) is 1.59. The molecule has 6 nitrogen and oxygen atoms in total. The zero-order valence-corrected chi connectivity index (χ0v) is 8.56. The minimum Gasteiger partial charge on any atom is -0.474 e. The summed E-state index contributed by atoms with van der Waals surface area (Å²) in [4.78, 5) is 7.84. The van der Waals surface area contributed by atoms with Crippen LogP contribution in [-0.2, 0) is 4.74 Å². The molecule has 1 rings (SSSR count). The Labute approximate surface area is 87.9 Å². The van der Waals surface area contributed by atoms with E-state index < -0.39 is 0 Å². The zero-order chi connectivity index (χ0) is 11.1. The van der Waals surface area contributed by atoms with E-state index in [1.807, 2.05) is 6.92 Å². The molecule has 0 saturated heterocycles. The molecule has 3 N–H and O–H groups in total. The largest absolute Gasteiger partial charge is 0.474 e. The van der Waals surface area contributed by atoms with Crippen molar-refractivity contribution in [1.29, 1.82) is 5.41 Å². The van der Waals surface area contributed by atoms with Crippen LogP contribution in [0.5, 0.6) is 5.88 Å². The number of nitrogen functional groups attached to an aromatic ring is 1. The van der Waals surface area contributed by atoms with Crippen LogP contribution in [0.25, 0.3) is 0 Å². The van der Waals surface area contributed by atoms with E-state index in [2.05, 4.69) is 9.97 Å².